The third-order valence-corrected chi connectivity index (χ3v) is 7.52. The fourth-order valence-corrected chi connectivity index (χ4v) is 5.36. The summed E-state index contributed by atoms with van der Waals surface area (Å²) in [6, 6.07) is 43.1. The molecule has 5 aromatic rings. The number of fused-ring (bicyclic) bond motifs is 3. The highest BCUT2D eigenvalue weighted by molar-refractivity contribution is 5.84. The van der Waals surface area contributed by atoms with Crippen LogP contribution < -0.4 is 0 Å². The molecule has 0 unspecified atom stereocenters. The number of aryl methyl sites for hydroxylation is 1. The van der Waals surface area contributed by atoms with Crippen molar-refractivity contribution in [2.45, 2.75) is 26.2 Å². The van der Waals surface area contributed by atoms with E-state index in [0.29, 0.717) is 0 Å². The molecule has 0 saturated heterocycles. The highest BCUT2D eigenvalue weighted by Crippen LogP contribution is 2.49. The van der Waals surface area contributed by atoms with Gasteiger partial charge in [-0.2, -0.15) is 0 Å². The Balaban J connectivity index is 0.000000190. The number of hydrogen-bond donors (Lipinski definition) is 0. The Kier molecular flexibility index (Phi) is 6.99. The summed E-state index contributed by atoms with van der Waals surface area (Å²) in [5.74, 6) is 0. The second-order valence-electron chi connectivity index (χ2n) is 10.5. The van der Waals surface area contributed by atoms with Gasteiger partial charge in [-0.15, -0.1) is 0 Å². The molecule has 0 atom stereocenters. The normalized spacial score (nSPS) is 12.5. The van der Waals surface area contributed by atoms with Crippen LogP contribution in [-0.4, -0.2) is 0 Å². The minimum absolute atomic E-state index is 0.0320. The maximum absolute atomic E-state index is 4.07. The summed E-state index contributed by atoms with van der Waals surface area (Å²) in [5, 5.41) is 0. The molecular weight excluding hydrogens is 456 g/mol. The lowest BCUT2D eigenvalue weighted by Crippen LogP contribution is -2.14. The Labute approximate surface area is 227 Å². The van der Waals surface area contributed by atoms with Gasteiger partial charge >= 0.3 is 0 Å². The maximum atomic E-state index is 4.07. The van der Waals surface area contributed by atoms with Crippen molar-refractivity contribution in [3.63, 3.8) is 0 Å². The second kappa shape index (κ2) is 10.5. The van der Waals surface area contributed by atoms with Gasteiger partial charge in [0.15, 0.2) is 0 Å². The Hall–Kier alpha value is -4.42. The highest BCUT2D eigenvalue weighted by atomic mass is 14.4. The standard InChI is InChI=1S/C25H22.C13H12/c1-5-17(2)18-9-8-10-19(15-18)20-13-14-22-21-11-6-7-12-23(21)25(3,4)24(22)16-20;1-11-6-5-9-13(10-11)12-7-3-2-4-8-12/h5-16H,1-2H2,3-4H3;2-10H,1H3. The van der Waals surface area contributed by atoms with Gasteiger partial charge in [0.25, 0.3) is 0 Å². The minimum Gasteiger partial charge on any atom is -0.0985 e. The predicted octanol–water partition coefficient (Wildman–Crippen LogP) is 10.5. The molecule has 0 bridgehead atoms. The third kappa shape index (κ3) is 4.91. The summed E-state index contributed by atoms with van der Waals surface area (Å²) in [6.45, 7) is 14.6. The lowest BCUT2D eigenvalue weighted by molar-refractivity contribution is 0.660. The van der Waals surface area contributed by atoms with E-state index in [2.05, 4.69) is 149 Å². The van der Waals surface area contributed by atoms with Crippen molar-refractivity contribution < 1.29 is 0 Å². The average molecular weight is 491 g/mol. The molecule has 38 heavy (non-hydrogen) atoms. The highest BCUT2D eigenvalue weighted by Gasteiger charge is 2.35. The largest absolute Gasteiger partial charge is 0.0985 e. The third-order valence-electron chi connectivity index (χ3n) is 7.52. The molecule has 0 heterocycles. The van der Waals surface area contributed by atoms with E-state index in [1.165, 1.54) is 50.1 Å². The summed E-state index contributed by atoms with van der Waals surface area (Å²) >= 11 is 0. The van der Waals surface area contributed by atoms with E-state index < -0.39 is 0 Å². The first-order valence-corrected chi connectivity index (χ1v) is 13.2. The van der Waals surface area contributed by atoms with Gasteiger partial charge in [0, 0.05) is 5.41 Å². The molecule has 0 N–H and O–H groups in total. The number of rotatable bonds is 4. The van der Waals surface area contributed by atoms with Crippen LogP contribution in [0.1, 0.15) is 36.1 Å². The smallest absolute Gasteiger partial charge is 0.0159 e. The molecule has 5 aromatic carbocycles. The van der Waals surface area contributed by atoms with E-state index in [9.17, 15) is 0 Å². The number of benzene rings is 5. The number of hydrogen-bond acceptors (Lipinski definition) is 0. The van der Waals surface area contributed by atoms with Gasteiger partial charge in [-0.1, -0.05) is 148 Å². The fourth-order valence-electron chi connectivity index (χ4n) is 5.36. The molecule has 186 valence electrons. The monoisotopic (exact) mass is 490 g/mol. The first-order valence-electron chi connectivity index (χ1n) is 13.2. The first kappa shape index (κ1) is 25.2. The van der Waals surface area contributed by atoms with Crippen LogP contribution in [-0.2, 0) is 5.41 Å². The van der Waals surface area contributed by atoms with Gasteiger partial charge in [-0.3, -0.25) is 0 Å². The summed E-state index contributed by atoms with van der Waals surface area (Å²) in [4.78, 5) is 0. The van der Waals surface area contributed by atoms with Crippen LogP contribution in [0.5, 0.6) is 0 Å². The molecule has 1 aliphatic carbocycles. The summed E-state index contributed by atoms with van der Waals surface area (Å²) in [5.41, 5.74) is 14.0. The molecule has 0 aliphatic heterocycles. The van der Waals surface area contributed by atoms with Gasteiger partial charge in [0.05, 0.1) is 0 Å². The molecular formula is C38H34. The quantitative estimate of drug-likeness (QED) is 0.220. The van der Waals surface area contributed by atoms with Crippen molar-refractivity contribution >= 4 is 5.57 Å². The zero-order chi connectivity index (χ0) is 26.7. The average Bonchev–Trinajstić information content (AvgIpc) is 3.19. The minimum atomic E-state index is 0.0320. The van der Waals surface area contributed by atoms with Crippen LogP contribution in [0.2, 0.25) is 0 Å². The van der Waals surface area contributed by atoms with E-state index in [4.69, 9.17) is 0 Å². The maximum Gasteiger partial charge on any atom is 0.0159 e. The number of allylic oxidation sites excluding steroid dienone is 2. The van der Waals surface area contributed by atoms with Crippen LogP contribution in [0, 0.1) is 6.92 Å². The Bertz CT molecular complexity index is 1620. The van der Waals surface area contributed by atoms with Gasteiger partial charge in [0.1, 0.15) is 0 Å². The summed E-state index contributed by atoms with van der Waals surface area (Å²) < 4.78 is 0. The van der Waals surface area contributed by atoms with Crippen LogP contribution in [0.15, 0.2) is 141 Å². The molecule has 0 radical (unpaired) electrons. The summed E-state index contributed by atoms with van der Waals surface area (Å²) in [6.07, 6.45) is 1.81. The van der Waals surface area contributed by atoms with E-state index in [-0.39, 0.29) is 5.41 Å². The van der Waals surface area contributed by atoms with E-state index in [1.54, 1.807) is 0 Å². The van der Waals surface area contributed by atoms with Crippen molar-refractivity contribution in [1.82, 2.24) is 0 Å². The topological polar surface area (TPSA) is 0 Å². The Morgan fingerprint density at radius 1 is 0.579 bits per heavy atom. The molecule has 0 heteroatoms. The molecule has 0 fully saturated rings. The van der Waals surface area contributed by atoms with Crippen molar-refractivity contribution in [3.8, 4) is 33.4 Å². The molecule has 6 rings (SSSR count). The van der Waals surface area contributed by atoms with Crippen molar-refractivity contribution in [1.29, 1.82) is 0 Å². The van der Waals surface area contributed by atoms with Gasteiger partial charge in [-0.05, 0) is 74.7 Å². The fraction of sp³-hybridized carbons (Fsp3) is 0.105. The molecule has 1 aliphatic rings. The van der Waals surface area contributed by atoms with Crippen LogP contribution in [0.25, 0.3) is 39.0 Å². The molecule has 0 spiro atoms. The molecule has 0 aromatic heterocycles. The first-order chi connectivity index (χ1) is 18.4. The Morgan fingerprint density at radius 2 is 1.18 bits per heavy atom. The van der Waals surface area contributed by atoms with Crippen LogP contribution >= 0.6 is 0 Å². The van der Waals surface area contributed by atoms with Gasteiger partial charge in [0.2, 0.25) is 0 Å². The van der Waals surface area contributed by atoms with E-state index in [1.807, 2.05) is 12.1 Å². The zero-order valence-electron chi connectivity index (χ0n) is 22.5. The van der Waals surface area contributed by atoms with Crippen molar-refractivity contribution in [3.05, 3.63) is 163 Å². The lowest BCUT2D eigenvalue weighted by Gasteiger charge is -2.22. The predicted molar refractivity (Wildman–Crippen MR) is 165 cm³/mol. The second-order valence-corrected chi connectivity index (χ2v) is 10.5. The van der Waals surface area contributed by atoms with Crippen molar-refractivity contribution in [2.24, 2.45) is 0 Å². The summed E-state index contributed by atoms with van der Waals surface area (Å²) in [7, 11) is 0. The SMILES string of the molecule is C=CC(=C)c1cccc(-c2ccc3c(c2)C(C)(C)c2ccccc2-3)c1.Cc1cccc(-c2ccccc2)c1. The Morgan fingerprint density at radius 3 is 1.92 bits per heavy atom. The zero-order valence-corrected chi connectivity index (χ0v) is 22.5. The van der Waals surface area contributed by atoms with Crippen molar-refractivity contribution in [2.75, 3.05) is 0 Å². The molecule has 0 nitrogen and oxygen atoms in total. The molecule has 0 amide bonds. The van der Waals surface area contributed by atoms with E-state index in [0.717, 1.165) is 11.1 Å². The van der Waals surface area contributed by atoms with Crippen LogP contribution in [0.4, 0.5) is 0 Å². The van der Waals surface area contributed by atoms with Crippen LogP contribution in [0.3, 0.4) is 0 Å². The molecule has 0 saturated carbocycles. The van der Waals surface area contributed by atoms with E-state index >= 15 is 0 Å². The lowest BCUT2D eigenvalue weighted by atomic mass is 9.81. The van der Waals surface area contributed by atoms with Gasteiger partial charge < -0.3 is 0 Å². The van der Waals surface area contributed by atoms with Gasteiger partial charge in [-0.25, -0.2) is 0 Å².